The molecule has 2 aliphatic rings. The van der Waals surface area contributed by atoms with Crippen LogP contribution in [0.1, 0.15) is 44.9 Å². The van der Waals surface area contributed by atoms with Gasteiger partial charge in [0.25, 0.3) is 0 Å². The zero-order chi connectivity index (χ0) is 12.1. The van der Waals surface area contributed by atoms with Crippen LogP contribution in [0.3, 0.4) is 0 Å². The fourth-order valence-electron chi connectivity index (χ4n) is 3.18. The molecule has 0 aliphatic heterocycles. The van der Waals surface area contributed by atoms with Crippen molar-refractivity contribution in [1.82, 2.24) is 5.32 Å². The van der Waals surface area contributed by atoms with Gasteiger partial charge in [0.1, 0.15) is 0 Å². The summed E-state index contributed by atoms with van der Waals surface area (Å²) in [5, 5.41) is 5.93. The summed E-state index contributed by atoms with van der Waals surface area (Å²) in [5.41, 5.74) is 0.833. The van der Waals surface area contributed by atoms with E-state index in [0.717, 1.165) is 11.8 Å². The Bertz CT molecular complexity index is 386. The third-order valence-corrected chi connectivity index (χ3v) is 5.38. The lowest BCUT2D eigenvalue weighted by atomic mass is 9.94. The van der Waals surface area contributed by atoms with E-state index in [0.29, 0.717) is 5.41 Å². The lowest BCUT2D eigenvalue weighted by Crippen LogP contribution is -2.38. The van der Waals surface area contributed by atoms with Crippen LogP contribution in [0, 0.1) is 11.8 Å². The second-order valence-electron chi connectivity index (χ2n) is 6.82. The van der Waals surface area contributed by atoms with Crippen LogP contribution in [0.15, 0.2) is 17.5 Å². The molecular weight excluding hydrogens is 226 g/mol. The average Bonchev–Trinajstić information content (AvgIpc) is 3.13. The van der Waals surface area contributed by atoms with Gasteiger partial charge in [-0.25, -0.2) is 0 Å². The molecule has 0 bridgehead atoms. The smallest absolute Gasteiger partial charge is 0.0119 e. The second-order valence-corrected chi connectivity index (χ2v) is 7.77. The summed E-state index contributed by atoms with van der Waals surface area (Å²) < 4.78 is 0. The Balaban J connectivity index is 1.69. The van der Waals surface area contributed by atoms with Crippen molar-refractivity contribution < 1.29 is 0 Å². The number of hydrogen-bond donors (Lipinski definition) is 1. The Hall–Kier alpha value is -0.340. The molecule has 2 unspecified atom stereocenters. The first kappa shape index (κ1) is 11.7. The molecule has 17 heavy (non-hydrogen) atoms. The molecular formula is C15H23NS. The molecule has 0 radical (unpaired) electrons. The summed E-state index contributed by atoms with van der Waals surface area (Å²) in [6.45, 7) is 7.98. The molecule has 2 atom stereocenters. The summed E-state index contributed by atoms with van der Waals surface area (Å²) in [6, 6.07) is 4.58. The largest absolute Gasteiger partial charge is 0.312 e. The Labute approximate surface area is 109 Å². The van der Waals surface area contributed by atoms with Crippen LogP contribution < -0.4 is 5.32 Å². The van der Waals surface area contributed by atoms with Crippen molar-refractivity contribution in [3.8, 4) is 0 Å². The Morgan fingerprint density at radius 3 is 2.71 bits per heavy atom. The van der Waals surface area contributed by atoms with E-state index < -0.39 is 0 Å². The highest BCUT2D eigenvalue weighted by Crippen LogP contribution is 2.66. The van der Waals surface area contributed by atoms with Gasteiger partial charge >= 0.3 is 0 Å². The van der Waals surface area contributed by atoms with Crippen molar-refractivity contribution in [1.29, 1.82) is 0 Å². The van der Waals surface area contributed by atoms with Crippen LogP contribution in [-0.2, 0) is 5.41 Å². The topological polar surface area (TPSA) is 12.0 Å². The van der Waals surface area contributed by atoms with E-state index in [1.165, 1.54) is 25.8 Å². The summed E-state index contributed by atoms with van der Waals surface area (Å²) in [6.07, 6.45) is 4.34. The van der Waals surface area contributed by atoms with Crippen molar-refractivity contribution in [2.45, 2.75) is 51.0 Å². The van der Waals surface area contributed by atoms with Gasteiger partial charge in [0.15, 0.2) is 0 Å². The van der Waals surface area contributed by atoms with Crippen molar-refractivity contribution in [2.75, 3.05) is 6.54 Å². The highest BCUT2D eigenvalue weighted by molar-refractivity contribution is 7.10. The predicted octanol–water partition coefficient (Wildman–Crippen LogP) is 3.80. The fraction of sp³-hybridized carbons (Fsp3) is 0.733. The van der Waals surface area contributed by atoms with Gasteiger partial charge in [0, 0.05) is 15.8 Å². The maximum absolute atomic E-state index is 3.69. The van der Waals surface area contributed by atoms with Crippen molar-refractivity contribution >= 4 is 11.3 Å². The van der Waals surface area contributed by atoms with E-state index in [1.807, 2.05) is 11.3 Å². The van der Waals surface area contributed by atoms with E-state index in [4.69, 9.17) is 0 Å². The molecule has 1 aromatic rings. The molecule has 1 heterocycles. The van der Waals surface area contributed by atoms with E-state index in [-0.39, 0.29) is 5.54 Å². The minimum Gasteiger partial charge on any atom is -0.312 e. The number of nitrogens with one attached hydrogen (secondary N) is 1. The monoisotopic (exact) mass is 249 g/mol. The first-order valence-electron chi connectivity index (χ1n) is 6.81. The molecule has 3 rings (SSSR count). The van der Waals surface area contributed by atoms with Gasteiger partial charge in [-0.3, -0.25) is 0 Å². The van der Waals surface area contributed by atoms with Crippen LogP contribution in [0.4, 0.5) is 0 Å². The molecule has 1 nitrogen and oxygen atoms in total. The molecule has 2 fully saturated rings. The number of rotatable bonds is 4. The first-order chi connectivity index (χ1) is 8.02. The maximum atomic E-state index is 3.69. The van der Waals surface area contributed by atoms with E-state index in [2.05, 4.69) is 43.6 Å². The molecule has 0 saturated heterocycles. The molecule has 1 N–H and O–H groups in total. The highest BCUT2D eigenvalue weighted by Gasteiger charge is 2.63. The maximum Gasteiger partial charge on any atom is 0.0119 e. The van der Waals surface area contributed by atoms with Crippen molar-refractivity contribution in [3.05, 3.63) is 22.4 Å². The van der Waals surface area contributed by atoms with Gasteiger partial charge in [-0.15, -0.1) is 11.3 Å². The first-order valence-corrected chi connectivity index (χ1v) is 7.69. The average molecular weight is 249 g/mol. The number of thiophene rings is 1. The third kappa shape index (κ3) is 2.17. The van der Waals surface area contributed by atoms with Crippen molar-refractivity contribution in [2.24, 2.45) is 11.8 Å². The van der Waals surface area contributed by atoms with Gasteiger partial charge < -0.3 is 5.32 Å². The normalized spacial score (nSPS) is 32.8. The predicted molar refractivity (Wildman–Crippen MR) is 74.6 cm³/mol. The summed E-state index contributed by atoms with van der Waals surface area (Å²) >= 11 is 1.97. The minimum absolute atomic E-state index is 0.257. The van der Waals surface area contributed by atoms with Crippen LogP contribution in [0.5, 0.6) is 0 Å². The zero-order valence-corrected chi connectivity index (χ0v) is 11.9. The molecule has 0 amide bonds. The lowest BCUT2D eigenvalue weighted by Gasteiger charge is -2.22. The summed E-state index contributed by atoms with van der Waals surface area (Å²) in [7, 11) is 0. The van der Waals surface area contributed by atoms with Gasteiger partial charge in [-0.05, 0) is 69.9 Å². The lowest BCUT2D eigenvalue weighted by molar-refractivity contribution is 0.397. The van der Waals surface area contributed by atoms with Crippen LogP contribution in [-0.4, -0.2) is 12.1 Å². The van der Waals surface area contributed by atoms with E-state index >= 15 is 0 Å². The molecule has 2 saturated carbocycles. The van der Waals surface area contributed by atoms with Gasteiger partial charge in [-0.2, -0.15) is 0 Å². The second kappa shape index (κ2) is 3.83. The highest BCUT2D eigenvalue weighted by atomic mass is 32.1. The van der Waals surface area contributed by atoms with Crippen molar-refractivity contribution in [3.63, 3.8) is 0 Å². The van der Waals surface area contributed by atoms with E-state index in [1.54, 1.807) is 4.88 Å². The van der Waals surface area contributed by atoms with Gasteiger partial charge in [-0.1, -0.05) is 6.07 Å². The Kier molecular flexibility index (Phi) is 2.64. The Morgan fingerprint density at radius 2 is 2.18 bits per heavy atom. The van der Waals surface area contributed by atoms with Crippen LogP contribution in [0.2, 0.25) is 0 Å². The molecule has 1 aromatic heterocycles. The van der Waals surface area contributed by atoms with Crippen LogP contribution >= 0.6 is 11.3 Å². The molecule has 94 valence electrons. The molecule has 0 aromatic carbocycles. The fourth-order valence-corrected chi connectivity index (χ4v) is 4.27. The molecule has 2 aliphatic carbocycles. The number of hydrogen-bond acceptors (Lipinski definition) is 2. The SMILES string of the molecule is CC(C)(C)NCC1CC1(c1cccs1)C1CC1. The zero-order valence-electron chi connectivity index (χ0n) is 11.1. The summed E-state index contributed by atoms with van der Waals surface area (Å²) in [4.78, 5) is 1.65. The molecule has 2 heteroatoms. The standard InChI is InChI=1S/C15H23NS/c1-14(2,3)16-10-12-9-15(12,11-6-7-11)13-5-4-8-17-13/h4-5,8,11-12,16H,6-7,9-10H2,1-3H3. The van der Waals surface area contributed by atoms with Gasteiger partial charge in [0.05, 0.1) is 0 Å². The Morgan fingerprint density at radius 1 is 1.41 bits per heavy atom. The molecule has 0 spiro atoms. The van der Waals surface area contributed by atoms with Gasteiger partial charge in [0.2, 0.25) is 0 Å². The van der Waals surface area contributed by atoms with Crippen LogP contribution in [0.25, 0.3) is 0 Å². The third-order valence-electron chi connectivity index (χ3n) is 4.32. The van der Waals surface area contributed by atoms with E-state index in [9.17, 15) is 0 Å². The quantitative estimate of drug-likeness (QED) is 0.856. The minimum atomic E-state index is 0.257. The summed E-state index contributed by atoms with van der Waals surface area (Å²) in [5.74, 6) is 1.88.